The second-order valence-corrected chi connectivity index (χ2v) is 7.84. The summed E-state index contributed by atoms with van der Waals surface area (Å²) in [7, 11) is 0. The van der Waals surface area contributed by atoms with Crippen LogP contribution in [0.3, 0.4) is 0 Å². The number of carboxylic acid groups (broad SMARTS) is 3. The fourth-order valence-electron chi connectivity index (χ4n) is 3.75. The number of ketones is 1. The van der Waals surface area contributed by atoms with Gasteiger partial charge >= 0.3 is 17.9 Å². The second kappa shape index (κ2) is 10.3. The number of aliphatic carboxylic acids is 1. The minimum Gasteiger partial charge on any atom is -0.507 e. The van der Waals surface area contributed by atoms with E-state index in [4.69, 9.17) is 0 Å². The van der Waals surface area contributed by atoms with Crippen LogP contribution in [0.2, 0.25) is 0 Å². The van der Waals surface area contributed by atoms with E-state index in [1.54, 1.807) is 0 Å². The number of allylic oxidation sites excluding steroid dienone is 4. The summed E-state index contributed by atoms with van der Waals surface area (Å²) in [5.74, 6) is -5.89. The Balaban J connectivity index is 0.00000432. The summed E-state index contributed by atoms with van der Waals surface area (Å²) >= 11 is 0. The Labute approximate surface area is 221 Å². The molecule has 0 aliphatic heterocycles. The molecule has 0 saturated carbocycles. The average molecular weight is 487 g/mol. The molecule has 0 heterocycles. The van der Waals surface area contributed by atoms with Crippen molar-refractivity contribution in [1.29, 1.82) is 0 Å². The predicted molar refractivity (Wildman–Crippen MR) is 126 cm³/mol. The summed E-state index contributed by atoms with van der Waals surface area (Å²) in [5, 5.41) is 48.9. The van der Waals surface area contributed by atoms with Crippen molar-refractivity contribution < 1.29 is 44.7 Å². The normalized spacial score (nSPS) is 12.9. The minimum atomic E-state index is -1.46. The molecule has 0 fully saturated rings. The van der Waals surface area contributed by atoms with E-state index in [9.17, 15) is 44.7 Å². The van der Waals surface area contributed by atoms with E-state index >= 15 is 0 Å². The number of carbonyl (C=O) groups excluding carboxylic acids is 1. The van der Waals surface area contributed by atoms with Crippen LogP contribution >= 0.6 is 0 Å². The number of rotatable bonds is 5. The maximum absolute atomic E-state index is 12.3. The predicted octanol–water partition coefficient (Wildman–Crippen LogP) is 3.07. The molecule has 35 heavy (non-hydrogen) atoms. The van der Waals surface area contributed by atoms with E-state index in [-0.39, 0.29) is 68.5 Å². The van der Waals surface area contributed by atoms with Gasteiger partial charge in [-0.1, -0.05) is 0 Å². The molecule has 0 bridgehead atoms. The van der Waals surface area contributed by atoms with Crippen LogP contribution in [0.5, 0.6) is 11.5 Å². The third-order valence-electron chi connectivity index (χ3n) is 5.43. The molecule has 0 spiro atoms. The molecule has 1 aliphatic carbocycles. The molecular weight excluding hydrogens is 467 g/mol. The van der Waals surface area contributed by atoms with Gasteiger partial charge in [0.25, 0.3) is 0 Å². The summed E-state index contributed by atoms with van der Waals surface area (Å²) in [6.45, 7) is 4.37. The topological polar surface area (TPSA) is 169 Å². The van der Waals surface area contributed by atoms with Crippen LogP contribution in [0, 0.1) is 13.8 Å². The van der Waals surface area contributed by atoms with Gasteiger partial charge in [0.05, 0.1) is 0 Å². The van der Waals surface area contributed by atoms with Gasteiger partial charge in [-0.2, -0.15) is 0 Å². The Morgan fingerprint density at radius 2 is 1.11 bits per heavy atom. The van der Waals surface area contributed by atoms with Crippen molar-refractivity contribution in [3.8, 4) is 11.5 Å². The van der Waals surface area contributed by atoms with Crippen molar-refractivity contribution >= 4 is 58.8 Å². The van der Waals surface area contributed by atoms with Gasteiger partial charge in [-0.3, -0.25) is 4.79 Å². The molecule has 1 aliphatic rings. The van der Waals surface area contributed by atoms with Gasteiger partial charge in [-0.05, 0) is 96.2 Å². The Bertz CT molecular complexity index is 1320. The van der Waals surface area contributed by atoms with Gasteiger partial charge in [0.2, 0.25) is 0 Å². The zero-order valence-electron chi connectivity index (χ0n) is 19.3. The van der Waals surface area contributed by atoms with E-state index < -0.39 is 51.9 Å². The Kier molecular flexibility index (Phi) is 8.12. The molecule has 0 atom stereocenters. The Morgan fingerprint density at radius 3 is 1.49 bits per heavy atom. The number of aryl methyl sites for hydroxylation is 2. The van der Waals surface area contributed by atoms with E-state index in [0.29, 0.717) is 0 Å². The molecule has 3 rings (SSSR count). The molecule has 2 aromatic rings. The number of Topliss-reactive ketones (excluding diaryl/α,β-unsaturated/α-hetero) is 1. The maximum Gasteiger partial charge on any atom is 0.339 e. The van der Waals surface area contributed by atoms with Gasteiger partial charge in [-0.15, -0.1) is 0 Å². The van der Waals surface area contributed by atoms with Gasteiger partial charge in [-0.25, -0.2) is 14.4 Å². The van der Waals surface area contributed by atoms with Crippen LogP contribution in [-0.2, 0) is 9.59 Å². The molecule has 9 nitrogen and oxygen atoms in total. The summed E-state index contributed by atoms with van der Waals surface area (Å²) in [5.41, 5.74) is 0.0278. The Morgan fingerprint density at radius 1 is 0.686 bits per heavy atom. The third-order valence-corrected chi connectivity index (χ3v) is 5.43. The van der Waals surface area contributed by atoms with Crippen molar-refractivity contribution in [3.05, 3.63) is 86.5 Å². The summed E-state index contributed by atoms with van der Waals surface area (Å²) in [6, 6.07) is 5.26. The third kappa shape index (κ3) is 5.22. The SMILES string of the molecule is CC1=CC(=C(c2cc(C)c(O)c(C(=O)O)c2)c2cc(C)c(O)c(C(=O)O)c2)C=C(C(=O)O)C1=O.[Na]. The van der Waals surface area contributed by atoms with E-state index in [0.717, 1.165) is 6.08 Å². The summed E-state index contributed by atoms with van der Waals surface area (Å²) in [6.07, 6.45) is 2.54. The van der Waals surface area contributed by atoms with Gasteiger partial charge in [0.15, 0.2) is 5.78 Å². The van der Waals surface area contributed by atoms with Crippen LogP contribution in [0.25, 0.3) is 5.57 Å². The van der Waals surface area contributed by atoms with Crippen molar-refractivity contribution in [2.45, 2.75) is 20.8 Å². The Hall–Kier alpha value is -3.66. The molecule has 5 N–H and O–H groups in total. The molecule has 0 unspecified atom stereocenters. The van der Waals surface area contributed by atoms with Crippen molar-refractivity contribution in [2.24, 2.45) is 0 Å². The minimum absolute atomic E-state index is 0. The van der Waals surface area contributed by atoms with Crippen LogP contribution < -0.4 is 0 Å². The first-order chi connectivity index (χ1) is 15.8. The van der Waals surface area contributed by atoms with E-state index in [1.807, 2.05) is 0 Å². The van der Waals surface area contributed by atoms with Gasteiger partial charge in [0.1, 0.15) is 28.2 Å². The number of benzene rings is 2. The molecule has 0 aromatic heterocycles. The number of carboxylic acids is 3. The smallest absolute Gasteiger partial charge is 0.339 e. The number of hydrogen-bond acceptors (Lipinski definition) is 6. The zero-order valence-corrected chi connectivity index (χ0v) is 21.3. The van der Waals surface area contributed by atoms with E-state index in [2.05, 4.69) is 0 Å². The molecule has 10 heteroatoms. The second-order valence-electron chi connectivity index (χ2n) is 7.84. The molecule has 0 saturated heterocycles. The van der Waals surface area contributed by atoms with Crippen LogP contribution in [0.1, 0.15) is 49.9 Å². The number of phenols is 2. The number of hydrogen-bond donors (Lipinski definition) is 5. The number of aromatic carboxylic acids is 2. The van der Waals surface area contributed by atoms with Gasteiger partial charge < -0.3 is 25.5 Å². The summed E-state index contributed by atoms with van der Waals surface area (Å²) < 4.78 is 0. The quantitative estimate of drug-likeness (QED) is 0.314. The van der Waals surface area contributed by atoms with Crippen LogP contribution in [-0.4, -0.2) is 78.8 Å². The van der Waals surface area contributed by atoms with Crippen LogP contribution in [0.15, 0.2) is 53.1 Å². The summed E-state index contributed by atoms with van der Waals surface area (Å²) in [4.78, 5) is 47.4. The first-order valence-electron chi connectivity index (χ1n) is 9.90. The molecule has 1 radical (unpaired) electrons. The fraction of sp³-hybridized carbons (Fsp3) is 0.120. The van der Waals surface area contributed by atoms with Gasteiger partial charge in [0, 0.05) is 29.6 Å². The standard InChI is InChI=1S/C25H20O9.Na/c1-10-4-13(7-16(20(10)26)23(29)30)19(14-5-11(2)21(27)17(8-14)24(31)32)15-6-12(3)22(28)18(9-15)25(33)34;/h4-9,26-27H,1-3H3,(H,29,30)(H,31,32)(H,33,34);. The van der Waals surface area contributed by atoms with E-state index in [1.165, 1.54) is 51.1 Å². The molecule has 2 aromatic carbocycles. The van der Waals surface area contributed by atoms with Crippen molar-refractivity contribution in [3.63, 3.8) is 0 Å². The van der Waals surface area contributed by atoms with Crippen molar-refractivity contribution in [2.75, 3.05) is 0 Å². The number of aromatic hydroxyl groups is 2. The van der Waals surface area contributed by atoms with Crippen LogP contribution in [0.4, 0.5) is 0 Å². The first kappa shape index (κ1) is 27.6. The van der Waals surface area contributed by atoms with Crippen molar-refractivity contribution in [1.82, 2.24) is 0 Å². The molecular formula is C25H20NaO9. The number of carbonyl (C=O) groups is 4. The monoisotopic (exact) mass is 487 g/mol. The molecule has 0 amide bonds. The maximum atomic E-state index is 12.3. The largest absolute Gasteiger partial charge is 0.507 e. The molecule has 175 valence electrons. The first-order valence-corrected chi connectivity index (χ1v) is 9.90. The fourth-order valence-corrected chi connectivity index (χ4v) is 3.75. The average Bonchev–Trinajstić information content (AvgIpc) is 2.74. The zero-order chi connectivity index (χ0) is 25.5.